The van der Waals surface area contributed by atoms with Gasteiger partial charge in [0.2, 0.25) is 0 Å². The normalized spacial score (nSPS) is 10.4. The van der Waals surface area contributed by atoms with Crippen LogP contribution in [0.5, 0.6) is 5.75 Å². The fraction of sp³-hybridized carbons (Fsp3) is 0.0625. The third-order valence-corrected chi connectivity index (χ3v) is 4.14. The quantitative estimate of drug-likeness (QED) is 0.683. The molecule has 22 heavy (non-hydrogen) atoms. The van der Waals surface area contributed by atoms with E-state index in [1.165, 1.54) is 6.33 Å². The van der Waals surface area contributed by atoms with Gasteiger partial charge in [-0.1, -0.05) is 12.1 Å². The van der Waals surface area contributed by atoms with Crippen LogP contribution in [0, 0.1) is 14.9 Å². The van der Waals surface area contributed by atoms with Crippen molar-refractivity contribution in [2.45, 2.75) is 6.54 Å². The lowest BCUT2D eigenvalue weighted by molar-refractivity contribution is 0.471. The second kappa shape index (κ2) is 6.15. The van der Waals surface area contributed by atoms with Crippen LogP contribution in [0.1, 0.15) is 11.1 Å². The first-order valence-corrected chi connectivity index (χ1v) is 7.59. The Labute approximate surface area is 141 Å². The zero-order valence-corrected chi connectivity index (χ0v) is 13.6. The van der Waals surface area contributed by atoms with E-state index < -0.39 is 0 Å². The molecule has 0 atom stereocenters. The highest BCUT2D eigenvalue weighted by molar-refractivity contribution is 14.1. The molecule has 0 aliphatic carbocycles. The molecular weight excluding hydrogens is 391 g/mol. The predicted octanol–water partition coefficient (Wildman–Crippen LogP) is 3.18. The summed E-state index contributed by atoms with van der Waals surface area (Å²) in [5.74, 6) is 0.238. The number of nitrogens with zero attached hydrogens (tertiary/aromatic N) is 4. The van der Waals surface area contributed by atoms with Gasteiger partial charge in [-0.15, -0.1) is 0 Å². The Kier molecular flexibility index (Phi) is 4.06. The molecule has 3 rings (SSSR count). The van der Waals surface area contributed by atoms with Gasteiger partial charge in [-0.25, -0.2) is 9.67 Å². The number of halogens is 1. The lowest BCUT2D eigenvalue weighted by Crippen LogP contribution is -2.00. The molecule has 0 unspecified atom stereocenters. The monoisotopic (exact) mass is 402 g/mol. The van der Waals surface area contributed by atoms with E-state index in [2.05, 4.69) is 38.7 Å². The topological polar surface area (TPSA) is 74.7 Å². The lowest BCUT2D eigenvalue weighted by Gasteiger charge is -2.09. The van der Waals surface area contributed by atoms with Crippen molar-refractivity contribution in [3.05, 3.63) is 63.7 Å². The van der Waals surface area contributed by atoms with Gasteiger partial charge < -0.3 is 5.11 Å². The Morgan fingerprint density at radius 3 is 2.77 bits per heavy atom. The van der Waals surface area contributed by atoms with Gasteiger partial charge in [-0.3, -0.25) is 0 Å². The summed E-state index contributed by atoms with van der Waals surface area (Å²) >= 11 is 2.07. The number of hydrogen-bond donors (Lipinski definition) is 1. The highest BCUT2D eigenvalue weighted by Crippen LogP contribution is 2.30. The molecule has 0 fully saturated rings. The van der Waals surface area contributed by atoms with Crippen LogP contribution in [0.3, 0.4) is 0 Å². The van der Waals surface area contributed by atoms with E-state index >= 15 is 0 Å². The summed E-state index contributed by atoms with van der Waals surface area (Å²) in [4.78, 5) is 3.92. The second-order valence-electron chi connectivity index (χ2n) is 4.75. The number of aromatic hydroxyl groups is 1. The SMILES string of the molecule is N#Cc1ccc(Cn2cncn2)cc1-c1ccc(O)c(I)c1. The molecular formula is C16H11IN4O. The fourth-order valence-corrected chi connectivity index (χ4v) is 2.72. The third-order valence-electron chi connectivity index (χ3n) is 3.27. The van der Waals surface area contributed by atoms with Crippen LogP contribution >= 0.6 is 22.6 Å². The first kappa shape index (κ1) is 14.5. The van der Waals surface area contributed by atoms with Crippen molar-refractivity contribution in [2.24, 2.45) is 0 Å². The van der Waals surface area contributed by atoms with Gasteiger partial charge in [0.05, 0.1) is 21.7 Å². The Morgan fingerprint density at radius 2 is 2.09 bits per heavy atom. The number of phenols is 1. The van der Waals surface area contributed by atoms with Gasteiger partial charge in [0, 0.05) is 0 Å². The third kappa shape index (κ3) is 2.94. The smallest absolute Gasteiger partial charge is 0.137 e. The summed E-state index contributed by atoms with van der Waals surface area (Å²) in [5, 5.41) is 23.1. The van der Waals surface area contributed by atoms with Crippen LogP contribution in [0.2, 0.25) is 0 Å². The maximum atomic E-state index is 9.65. The number of nitriles is 1. The zero-order chi connectivity index (χ0) is 15.5. The van der Waals surface area contributed by atoms with Gasteiger partial charge >= 0.3 is 0 Å². The summed E-state index contributed by atoms with van der Waals surface area (Å²) in [6, 6.07) is 13.2. The maximum absolute atomic E-state index is 9.65. The molecule has 1 heterocycles. The standard InChI is InChI=1S/C16H11IN4O/c17-15-6-12(3-4-16(15)22)14-5-11(1-2-13(14)7-18)8-21-10-19-9-20-21/h1-6,9-10,22H,8H2. The number of hydrogen-bond acceptors (Lipinski definition) is 4. The van der Waals surface area contributed by atoms with E-state index in [0.29, 0.717) is 12.1 Å². The Hall–Kier alpha value is -2.40. The minimum absolute atomic E-state index is 0.238. The zero-order valence-electron chi connectivity index (χ0n) is 11.4. The van der Waals surface area contributed by atoms with Gasteiger partial charge in [0.1, 0.15) is 18.4 Å². The van der Waals surface area contributed by atoms with Crippen LogP contribution in [0.15, 0.2) is 49.1 Å². The first-order chi connectivity index (χ1) is 10.7. The summed E-state index contributed by atoms with van der Waals surface area (Å²) < 4.78 is 2.48. The molecule has 2 aromatic carbocycles. The van der Waals surface area contributed by atoms with Gasteiger partial charge in [-0.05, 0) is 63.5 Å². The average molecular weight is 402 g/mol. The molecule has 0 spiro atoms. The number of rotatable bonds is 3. The van der Waals surface area contributed by atoms with Crippen molar-refractivity contribution in [3.8, 4) is 22.9 Å². The lowest BCUT2D eigenvalue weighted by atomic mass is 9.98. The van der Waals surface area contributed by atoms with Crippen LogP contribution in [0.25, 0.3) is 11.1 Å². The molecule has 0 aliphatic heterocycles. The molecule has 0 saturated heterocycles. The predicted molar refractivity (Wildman–Crippen MR) is 90.1 cm³/mol. The van der Waals surface area contributed by atoms with Crippen LogP contribution in [-0.2, 0) is 6.54 Å². The minimum Gasteiger partial charge on any atom is -0.507 e. The molecule has 0 amide bonds. The van der Waals surface area contributed by atoms with Crippen molar-refractivity contribution in [3.63, 3.8) is 0 Å². The van der Waals surface area contributed by atoms with E-state index in [9.17, 15) is 10.4 Å². The van der Waals surface area contributed by atoms with E-state index in [-0.39, 0.29) is 5.75 Å². The summed E-state index contributed by atoms with van der Waals surface area (Å²) in [5.41, 5.74) is 3.38. The number of phenolic OH excluding ortho intramolecular Hbond substituents is 1. The molecule has 6 heteroatoms. The molecule has 1 N–H and O–H groups in total. The maximum Gasteiger partial charge on any atom is 0.137 e. The molecule has 0 radical (unpaired) electrons. The second-order valence-corrected chi connectivity index (χ2v) is 5.91. The van der Waals surface area contributed by atoms with E-state index in [1.54, 1.807) is 23.1 Å². The van der Waals surface area contributed by atoms with Crippen LogP contribution in [-0.4, -0.2) is 19.9 Å². The van der Waals surface area contributed by atoms with Crippen molar-refractivity contribution < 1.29 is 5.11 Å². The van der Waals surface area contributed by atoms with Crippen LogP contribution in [0.4, 0.5) is 0 Å². The summed E-state index contributed by atoms with van der Waals surface area (Å²) in [6.45, 7) is 0.591. The van der Waals surface area contributed by atoms with E-state index in [0.717, 1.165) is 20.3 Å². The summed E-state index contributed by atoms with van der Waals surface area (Å²) in [7, 11) is 0. The Bertz CT molecular complexity index is 853. The largest absolute Gasteiger partial charge is 0.507 e. The summed E-state index contributed by atoms with van der Waals surface area (Å²) in [6.07, 6.45) is 3.15. The van der Waals surface area contributed by atoms with Crippen molar-refractivity contribution in [1.29, 1.82) is 5.26 Å². The molecule has 3 aromatic rings. The number of benzene rings is 2. The molecule has 108 valence electrons. The van der Waals surface area contributed by atoms with Gasteiger partial charge in [0.25, 0.3) is 0 Å². The van der Waals surface area contributed by atoms with Crippen LogP contribution < -0.4 is 0 Å². The Morgan fingerprint density at radius 1 is 1.23 bits per heavy atom. The molecule has 0 aliphatic rings. The molecule has 0 bridgehead atoms. The first-order valence-electron chi connectivity index (χ1n) is 6.51. The van der Waals surface area contributed by atoms with Gasteiger partial charge in [-0.2, -0.15) is 10.4 Å². The van der Waals surface area contributed by atoms with Crippen molar-refractivity contribution >= 4 is 22.6 Å². The van der Waals surface area contributed by atoms with Crippen molar-refractivity contribution in [1.82, 2.24) is 14.8 Å². The van der Waals surface area contributed by atoms with E-state index in [1.807, 2.05) is 24.3 Å². The molecule has 0 saturated carbocycles. The highest BCUT2D eigenvalue weighted by atomic mass is 127. The minimum atomic E-state index is 0.238. The van der Waals surface area contributed by atoms with E-state index in [4.69, 9.17) is 0 Å². The average Bonchev–Trinajstić information content (AvgIpc) is 3.03. The van der Waals surface area contributed by atoms with Crippen molar-refractivity contribution in [2.75, 3.05) is 0 Å². The van der Waals surface area contributed by atoms with Gasteiger partial charge in [0.15, 0.2) is 0 Å². The Balaban J connectivity index is 2.04. The number of aromatic nitrogens is 3. The molecule has 1 aromatic heterocycles. The fourth-order valence-electron chi connectivity index (χ4n) is 2.20. The molecule has 5 nitrogen and oxygen atoms in total. The highest BCUT2D eigenvalue weighted by Gasteiger charge is 2.09.